The summed E-state index contributed by atoms with van der Waals surface area (Å²) in [5.74, 6) is -0.298. The highest BCUT2D eigenvalue weighted by Gasteiger charge is 2.50. The van der Waals surface area contributed by atoms with Gasteiger partial charge in [0.2, 0.25) is 0 Å². The zero-order valence-electron chi connectivity index (χ0n) is 11.9. The summed E-state index contributed by atoms with van der Waals surface area (Å²) >= 11 is 3.49. The van der Waals surface area contributed by atoms with Crippen molar-refractivity contribution in [1.82, 2.24) is 0 Å². The van der Waals surface area contributed by atoms with Gasteiger partial charge in [0.25, 0.3) is 0 Å². The summed E-state index contributed by atoms with van der Waals surface area (Å²) in [5.41, 5.74) is 3.07. The number of ether oxygens (including phenoxy) is 2. The highest BCUT2D eigenvalue weighted by Crippen LogP contribution is 2.50. The first-order chi connectivity index (χ1) is 10.1. The van der Waals surface area contributed by atoms with E-state index in [4.69, 9.17) is 9.47 Å². The molecule has 4 heteroatoms. The number of carbonyl (C=O) groups excluding carboxylic acids is 1. The van der Waals surface area contributed by atoms with Crippen molar-refractivity contribution in [3.05, 3.63) is 58.1 Å². The molecule has 108 valence electrons. The van der Waals surface area contributed by atoms with Crippen molar-refractivity contribution < 1.29 is 14.3 Å². The molecule has 1 atom stereocenters. The van der Waals surface area contributed by atoms with Crippen LogP contribution in [0.3, 0.4) is 0 Å². The van der Waals surface area contributed by atoms with Gasteiger partial charge >= 0.3 is 5.97 Å². The average Bonchev–Trinajstić information content (AvgIpc) is 2.78. The molecule has 0 aromatic heterocycles. The van der Waals surface area contributed by atoms with E-state index in [0.717, 1.165) is 26.7 Å². The lowest BCUT2D eigenvalue weighted by Gasteiger charge is -2.28. The zero-order valence-corrected chi connectivity index (χ0v) is 13.4. The van der Waals surface area contributed by atoms with Gasteiger partial charge in [0.1, 0.15) is 5.41 Å². The van der Waals surface area contributed by atoms with E-state index in [-0.39, 0.29) is 12.6 Å². The third-order valence-corrected chi connectivity index (χ3v) is 4.51. The first-order valence-corrected chi connectivity index (χ1v) is 7.41. The molecule has 2 aromatic rings. The molecule has 0 spiro atoms. The van der Waals surface area contributed by atoms with Crippen molar-refractivity contribution in [3.8, 4) is 11.1 Å². The lowest BCUT2D eigenvalue weighted by Crippen LogP contribution is -2.40. The Balaban J connectivity index is 2.38. The summed E-state index contributed by atoms with van der Waals surface area (Å²) < 4.78 is 11.4. The fourth-order valence-corrected chi connectivity index (χ4v) is 3.53. The fourth-order valence-electron chi connectivity index (χ4n) is 3.16. The van der Waals surface area contributed by atoms with Crippen LogP contribution in [0.5, 0.6) is 0 Å². The highest BCUT2D eigenvalue weighted by atomic mass is 79.9. The summed E-state index contributed by atoms with van der Waals surface area (Å²) in [7, 11) is 3.02. The monoisotopic (exact) mass is 346 g/mol. The van der Waals surface area contributed by atoms with Gasteiger partial charge in [-0.1, -0.05) is 46.3 Å². The highest BCUT2D eigenvalue weighted by molar-refractivity contribution is 9.10. The predicted octanol–water partition coefficient (Wildman–Crippen LogP) is 3.54. The smallest absolute Gasteiger partial charge is 0.323 e. The minimum Gasteiger partial charge on any atom is -0.468 e. The van der Waals surface area contributed by atoms with E-state index in [1.165, 1.54) is 7.11 Å². The summed E-state index contributed by atoms with van der Waals surface area (Å²) in [6.07, 6.45) is 0. The van der Waals surface area contributed by atoms with Gasteiger partial charge in [0.05, 0.1) is 13.7 Å². The predicted molar refractivity (Wildman–Crippen MR) is 84.3 cm³/mol. The Morgan fingerprint density at radius 3 is 2.52 bits per heavy atom. The Labute approximate surface area is 132 Å². The van der Waals surface area contributed by atoms with Crippen molar-refractivity contribution in [2.45, 2.75) is 5.41 Å². The molecule has 0 aliphatic heterocycles. The fraction of sp³-hybridized carbons (Fsp3) is 0.235. The van der Waals surface area contributed by atoms with Gasteiger partial charge in [-0.25, -0.2) is 0 Å². The number of fused-ring (bicyclic) bond motifs is 3. The number of rotatable bonds is 3. The molecule has 3 nitrogen and oxygen atoms in total. The van der Waals surface area contributed by atoms with E-state index in [1.807, 2.05) is 42.5 Å². The lowest BCUT2D eigenvalue weighted by atomic mass is 9.79. The van der Waals surface area contributed by atoms with Crippen LogP contribution in [-0.2, 0) is 19.7 Å². The Kier molecular flexibility index (Phi) is 3.59. The molecule has 0 bridgehead atoms. The van der Waals surface area contributed by atoms with Crippen LogP contribution in [0, 0.1) is 0 Å². The maximum Gasteiger partial charge on any atom is 0.323 e. The van der Waals surface area contributed by atoms with Crippen LogP contribution in [0.4, 0.5) is 0 Å². The Bertz CT molecular complexity index is 711. The third kappa shape index (κ3) is 1.93. The number of hydrogen-bond donors (Lipinski definition) is 0. The average molecular weight is 347 g/mol. The topological polar surface area (TPSA) is 35.5 Å². The molecule has 2 aromatic carbocycles. The summed E-state index contributed by atoms with van der Waals surface area (Å²) in [4.78, 5) is 12.6. The van der Waals surface area contributed by atoms with Gasteiger partial charge in [-0.2, -0.15) is 0 Å². The largest absolute Gasteiger partial charge is 0.468 e. The molecule has 1 aliphatic carbocycles. The second kappa shape index (κ2) is 5.28. The van der Waals surface area contributed by atoms with Crippen LogP contribution < -0.4 is 0 Å². The van der Waals surface area contributed by atoms with Crippen LogP contribution >= 0.6 is 15.9 Å². The first kappa shape index (κ1) is 14.3. The number of carbonyl (C=O) groups is 1. The quantitative estimate of drug-likeness (QED) is 0.797. The lowest BCUT2D eigenvalue weighted by molar-refractivity contribution is -0.147. The van der Waals surface area contributed by atoms with Crippen molar-refractivity contribution in [2.75, 3.05) is 20.8 Å². The van der Waals surface area contributed by atoms with Crippen LogP contribution in [0.25, 0.3) is 11.1 Å². The second-order valence-electron chi connectivity index (χ2n) is 5.07. The molecule has 0 saturated heterocycles. The SMILES string of the molecule is COCC1(C(=O)OC)c2ccccc2-c2ccc(Br)cc21. The molecule has 1 unspecified atom stereocenters. The van der Waals surface area contributed by atoms with Gasteiger partial charge in [-0.05, 0) is 34.4 Å². The molecule has 0 N–H and O–H groups in total. The first-order valence-electron chi connectivity index (χ1n) is 6.62. The maximum atomic E-state index is 12.6. The molecule has 1 aliphatic rings. The van der Waals surface area contributed by atoms with Gasteiger partial charge < -0.3 is 9.47 Å². The number of halogens is 1. The molecule has 0 saturated carbocycles. The van der Waals surface area contributed by atoms with Gasteiger partial charge in [-0.15, -0.1) is 0 Å². The Hall–Kier alpha value is -1.65. The molecule has 3 rings (SSSR count). The van der Waals surface area contributed by atoms with Crippen molar-refractivity contribution in [3.63, 3.8) is 0 Å². The molecular formula is C17H15BrO3. The normalized spacial score (nSPS) is 19.0. The van der Waals surface area contributed by atoms with E-state index in [0.29, 0.717) is 0 Å². The molecule has 0 fully saturated rings. The van der Waals surface area contributed by atoms with Crippen molar-refractivity contribution in [2.24, 2.45) is 0 Å². The molecular weight excluding hydrogens is 332 g/mol. The molecule has 0 amide bonds. The van der Waals surface area contributed by atoms with Crippen molar-refractivity contribution in [1.29, 1.82) is 0 Å². The number of hydrogen-bond acceptors (Lipinski definition) is 3. The van der Waals surface area contributed by atoms with Crippen LogP contribution in [-0.4, -0.2) is 26.8 Å². The maximum absolute atomic E-state index is 12.6. The Morgan fingerprint density at radius 1 is 1.10 bits per heavy atom. The molecule has 21 heavy (non-hydrogen) atoms. The van der Waals surface area contributed by atoms with E-state index >= 15 is 0 Å². The van der Waals surface area contributed by atoms with Crippen LogP contribution in [0.15, 0.2) is 46.9 Å². The van der Waals surface area contributed by atoms with E-state index in [2.05, 4.69) is 15.9 Å². The molecule has 0 radical (unpaired) electrons. The summed E-state index contributed by atoms with van der Waals surface area (Å²) in [6.45, 7) is 0.250. The minimum absolute atomic E-state index is 0.250. The zero-order chi connectivity index (χ0) is 15.0. The van der Waals surface area contributed by atoms with E-state index < -0.39 is 5.41 Å². The van der Waals surface area contributed by atoms with Gasteiger partial charge in [0.15, 0.2) is 0 Å². The van der Waals surface area contributed by atoms with Gasteiger partial charge in [0, 0.05) is 11.6 Å². The van der Waals surface area contributed by atoms with Gasteiger partial charge in [-0.3, -0.25) is 4.79 Å². The molecule has 0 heterocycles. The summed E-state index contributed by atoms with van der Waals surface area (Å²) in [5, 5.41) is 0. The van der Waals surface area contributed by atoms with Crippen LogP contribution in [0.1, 0.15) is 11.1 Å². The van der Waals surface area contributed by atoms with E-state index in [1.54, 1.807) is 7.11 Å². The van der Waals surface area contributed by atoms with E-state index in [9.17, 15) is 4.79 Å². The van der Waals surface area contributed by atoms with Crippen LogP contribution in [0.2, 0.25) is 0 Å². The second-order valence-corrected chi connectivity index (χ2v) is 5.98. The number of esters is 1. The third-order valence-electron chi connectivity index (χ3n) is 4.01. The Morgan fingerprint density at radius 2 is 1.81 bits per heavy atom. The minimum atomic E-state index is -0.904. The van der Waals surface area contributed by atoms with Crippen molar-refractivity contribution >= 4 is 21.9 Å². The summed E-state index contributed by atoms with van der Waals surface area (Å²) in [6, 6.07) is 13.9. The number of methoxy groups -OCH3 is 2. The number of benzene rings is 2. The standard InChI is InChI=1S/C17H15BrO3/c1-20-10-17(16(19)21-2)14-6-4-3-5-12(14)13-8-7-11(18)9-15(13)17/h3-9H,10H2,1-2H3.